The number of rotatable bonds is 5. The Kier molecular flexibility index (Phi) is 7.82. The molecule has 7 nitrogen and oxygen atoms in total. The van der Waals surface area contributed by atoms with E-state index in [2.05, 4.69) is 20.1 Å². The molecule has 0 saturated carbocycles. The lowest BCUT2D eigenvalue weighted by molar-refractivity contribution is -0.137. The molecule has 0 bridgehead atoms. The highest BCUT2D eigenvalue weighted by molar-refractivity contribution is 5.99. The molecule has 2 aromatic carbocycles. The van der Waals surface area contributed by atoms with E-state index in [9.17, 15) is 17.6 Å². The fourth-order valence-electron chi connectivity index (χ4n) is 5.62. The Morgan fingerprint density at radius 2 is 1.53 bits per heavy atom. The van der Waals surface area contributed by atoms with Crippen LogP contribution in [0.5, 0.6) is 0 Å². The summed E-state index contributed by atoms with van der Waals surface area (Å²) in [7, 11) is 0. The highest BCUT2D eigenvalue weighted by Gasteiger charge is 2.31. The van der Waals surface area contributed by atoms with Crippen molar-refractivity contribution in [2.45, 2.75) is 20.0 Å². The third-order valence-electron chi connectivity index (χ3n) is 7.85. The average Bonchev–Trinajstić information content (AvgIpc) is 2.99. The van der Waals surface area contributed by atoms with Crippen LogP contribution in [-0.2, 0) is 15.7 Å². The molecule has 2 saturated heterocycles. The second kappa shape index (κ2) is 11.6. The molecule has 2 aliphatic heterocycles. The van der Waals surface area contributed by atoms with Crippen LogP contribution in [0.15, 0.2) is 42.6 Å². The number of fused-ring (bicyclic) bond motifs is 1. The van der Waals surface area contributed by atoms with Crippen molar-refractivity contribution in [3.05, 3.63) is 70.9 Å². The van der Waals surface area contributed by atoms with Gasteiger partial charge in [0.2, 0.25) is 0 Å². The van der Waals surface area contributed by atoms with Crippen LogP contribution in [0, 0.1) is 25.5 Å². The van der Waals surface area contributed by atoms with Crippen molar-refractivity contribution < 1.29 is 31.4 Å². The van der Waals surface area contributed by atoms with Crippen LogP contribution < -0.4 is 15.1 Å². The Hall–Kier alpha value is -4.03. The maximum atomic E-state index is 15.5. The number of nitrogens with zero attached hydrogens (tertiary/aromatic N) is 4. The molecule has 6 rings (SSSR count). The summed E-state index contributed by atoms with van der Waals surface area (Å²) in [5.74, 6) is -0.985. The molecule has 0 unspecified atom stereocenters. The molecule has 43 heavy (non-hydrogen) atoms. The Morgan fingerprint density at radius 1 is 0.860 bits per heavy atom. The first-order chi connectivity index (χ1) is 20.6. The van der Waals surface area contributed by atoms with Crippen LogP contribution in [0.4, 0.5) is 44.8 Å². The highest BCUT2D eigenvalue weighted by atomic mass is 19.4. The molecule has 4 heterocycles. The number of aryl methyl sites for hydroxylation is 1. The molecule has 0 radical (unpaired) electrons. The molecule has 12 heteroatoms. The highest BCUT2D eigenvalue weighted by Crippen LogP contribution is 2.41. The van der Waals surface area contributed by atoms with Crippen LogP contribution in [0.3, 0.4) is 0 Å². The molecule has 4 aromatic rings. The first kappa shape index (κ1) is 29.1. The van der Waals surface area contributed by atoms with Crippen LogP contribution in [0.2, 0.25) is 0 Å². The van der Waals surface area contributed by atoms with Gasteiger partial charge in [-0.15, -0.1) is 0 Å². The van der Waals surface area contributed by atoms with E-state index < -0.39 is 23.4 Å². The van der Waals surface area contributed by atoms with E-state index in [-0.39, 0.29) is 10.9 Å². The van der Waals surface area contributed by atoms with E-state index in [0.29, 0.717) is 92.2 Å². The maximum absolute atomic E-state index is 15.5. The molecule has 0 amide bonds. The third-order valence-corrected chi connectivity index (χ3v) is 7.85. The predicted octanol–water partition coefficient (Wildman–Crippen LogP) is 6.63. The molecule has 1 N–H and O–H groups in total. The van der Waals surface area contributed by atoms with Gasteiger partial charge in [-0.05, 0) is 43.2 Å². The normalized spacial score (nSPS) is 16.2. The summed E-state index contributed by atoms with van der Waals surface area (Å²) in [6.07, 6.45) is -2.71. The number of ether oxygens (including phenoxy) is 2. The second-order valence-corrected chi connectivity index (χ2v) is 10.7. The summed E-state index contributed by atoms with van der Waals surface area (Å²) >= 11 is 0. The van der Waals surface area contributed by atoms with Gasteiger partial charge in [0.05, 0.1) is 71.8 Å². The smallest absolute Gasteiger partial charge is 0.378 e. The van der Waals surface area contributed by atoms with Crippen LogP contribution in [-0.4, -0.2) is 62.6 Å². The van der Waals surface area contributed by atoms with E-state index >= 15 is 4.39 Å². The number of hydrogen-bond acceptors (Lipinski definition) is 7. The lowest BCUT2D eigenvalue weighted by atomic mass is 9.96. The van der Waals surface area contributed by atoms with Gasteiger partial charge in [-0.25, -0.2) is 18.7 Å². The zero-order chi connectivity index (χ0) is 30.3. The van der Waals surface area contributed by atoms with E-state index in [1.165, 1.54) is 6.07 Å². The maximum Gasteiger partial charge on any atom is 0.416 e. The van der Waals surface area contributed by atoms with Crippen molar-refractivity contribution in [3.8, 4) is 11.3 Å². The number of pyridine rings is 2. The fourth-order valence-corrected chi connectivity index (χ4v) is 5.62. The van der Waals surface area contributed by atoms with E-state index in [1.54, 1.807) is 20.0 Å². The van der Waals surface area contributed by atoms with Gasteiger partial charge in [-0.1, -0.05) is 6.07 Å². The summed E-state index contributed by atoms with van der Waals surface area (Å²) in [6.45, 7) is 8.04. The minimum absolute atomic E-state index is 0.0325. The van der Waals surface area contributed by atoms with Gasteiger partial charge < -0.3 is 24.6 Å². The number of benzene rings is 2. The van der Waals surface area contributed by atoms with Crippen LogP contribution in [0.1, 0.15) is 16.7 Å². The Morgan fingerprint density at radius 3 is 2.19 bits per heavy atom. The molecule has 2 aliphatic rings. The van der Waals surface area contributed by atoms with Crippen molar-refractivity contribution in [1.29, 1.82) is 0 Å². The van der Waals surface area contributed by atoms with Gasteiger partial charge >= 0.3 is 6.18 Å². The summed E-state index contributed by atoms with van der Waals surface area (Å²) in [5.41, 5.74) is 2.58. The quantitative estimate of drug-likeness (QED) is 0.259. The standard InChI is InChI=1S/C31H30F5N5O2/c1-18-13-20(31(34,35)36)3-4-23(18)28-19(2)29(27-24(33)14-21(32)15-25(27)38-28)39-26-16-22(40-5-9-42-10-6-40)17-37-30(26)41-7-11-43-12-8-41/h3-4,13-17H,5-12H2,1-2H3,(H,38,39). The summed E-state index contributed by atoms with van der Waals surface area (Å²) in [4.78, 5) is 13.6. The Labute approximate surface area is 245 Å². The minimum atomic E-state index is -4.51. The minimum Gasteiger partial charge on any atom is -0.378 e. The molecule has 0 atom stereocenters. The number of halogens is 5. The van der Waals surface area contributed by atoms with Crippen molar-refractivity contribution in [3.63, 3.8) is 0 Å². The molecular formula is C31H30F5N5O2. The second-order valence-electron chi connectivity index (χ2n) is 10.7. The van der Waals surface area contributed by atoms with Crippen molar-refractivity contribution in [2.75, 3.05) is 67.7 Å². The molecule has 2 fully saturated rings. The monoisotopic (exact) mass is 599 g/mol. The van der Waals surface area contributed by atoms with Crippen molar-refractivity contribution in [2.24, 2.45) is 0 Å². The summed E-state index contributed by atoms with van der Waals surface area (Å²) in [6, 6.07) is 7.24. The molecular weight excluding hydrogens is 569 g/mol. The van der Waals surface area contributed by atoms with Gasteiger partial charge in [0, 0.05) is 43.9 Å². The third kappa shape index (κ3) is 5.81. The van der Waals surface area contributed by atoms with Gasteiger partial charge in [-0.2, -0.15) is 13.2 Å². The molecule has 0 aliphatic carbocycles. The predicted molar refractivity (Wildman–Crippen MR) is 155 cm³/mol. The average molecular weight is 600 g/mol. The molecule has 2 aromatic heterocycles. The van der Waals surface area contributed by atoms with Gasteiger partial charge in [0.25, 0.3) is 0 Å². The number of morpholine rings is 2. The fraction of sp³-hybridized carbons (Fsp3) is 0.355. The number of anilines is 4. The summed E-state index contributed by atoms with van der Waals surface area (Å²) in [5, 5.41) is 3.47. The van der Waals surface area contributed by atoms with Crippen LogP contribution >= 0.6 is 0 Å². The van der Waals surface area contributed by atoms with Crippen molar-refractivity contribution >= 4 is 33.8 Å². The number of nitrogens with one attached hydrogen (secondary N) is 1. The van der Waals surface area contributed by atoms with Crippen LogP contribution in [0.25, 0.3) is 22.2 Å². The Bertz CT molecular complexity index is 1670. The van der Waals surface area contributed by atoms with E-state index in [1.807, 2.05) is 6.07 Å². The van der Waals surface area contributed by atoms with Crippen molar-refractivity contribution in [1.82, 2.24) is 9.97 Å². The SMILES string of the molecule is Cc1cc(C(F)(F)F)ccc1-c1nc2cc(F)cc(F)c2c(Nc2cc(N3CCOCC3)cnc2N2CCOCC2)c1C. The van der Waals surface area contributed by atoms with Gasteiger partial charge in [-0.3, -0.25) is 0 Å². The molecule has 0 spiro atoms. The lowest BCUT2D eigenvalue weighted by Gasteiger charge is -2.32. The lowest BCUT2D eigenvalue weighted by Crippen LogP contribution is -2.38. The number of hydrogen-bond donors (Lipinski definition) is 1. The number of alkyl halides is 3. The first-order valence-electron chi connectivity index (χ1n) is 14.0. The zero-order valence-corrected chi connectivity index (χ0v) is 23.7. The zero-order valence-electron chi connectivity index (χ0n) is 23.7. The van der Waals surface area contributed by atoms with E-state index in [0.717, 1.165) is 30.0 Å². The number of aromatic nitrogens is 2. The first-order valence-corrected chi connectivity index (χ1v) is 14.0. The Balaban J connectivity index is 1.53. The molecule has 226 valence electrons. The largest absolute Gasteiger partial charge is 0.416 e. The van der Waals surface area contributed by atoms with Gasteiger partial charge in [0.15, 0.2) is 5.82 Å². The summed E-state index contributed by atoms with van der Waals surface area (Å²) < 4.78 is 81.2. The van der Waals surface area contributed by atoms with E-state index in [4.69, 9.17) is 14.5 Å². The topological polar surface area (TPSA) is 62.8 Å². The van der Waals surface area contributed by atoms with Gasteiger partial charge in [0.1, 0.15) is 11.6 Å².